The number of ether oxygens (including phenoxy) is 1. The minimum atomic E-state index is -3.90. The van der Waals surface area contributed by atoms with E-state index < -0.39 is 19.9 Å². The highest BCUT2D eigenvalue weighted by molar-refractivity contribution is 9.10. The predicted molar refractivity (Wildman–Crippen MR) is 99.0 cm³/mol. The van der Waals surface area contributed by atoms with Crippen LogP contribution in [0.3, 0.4) is 0 Å². The lowest BCUT2D eigenvalue weighted by molar-refractivity contribution is 0.409. The first-order chi connectivity index (χ1) is 11.5. The van der Waals surface area contributed by atoms with Gasteiger partial charge in [0.15, 0.2) is 9.84 Å². The van der Waals surface area contributed by atoms with E-state index in [4.69, 9.17) is 4.74 Å². The Morgan fingerprint density at radius 1 is 1.08 bits per heavy atom. The Hall–Kier alpha value is -1.42. The molecule has 2 rings (SSSR count). The highest BCUT2D eigenvalue weighted by Crippen LogP contribution is 2.24. The minimum absolute atomic E-state index is 0.00743. The van der Waals surface area contributed by atoms with Crippen molar-refractivity contribution < 1.29 is 21.6 Å². The Morgan fingerprint density at radius 3 is 2.36 bits per heavy atom. The molecule has 6 nitrogen and oxygen atoms in total. The van der Waals surface area contributed by atoms with Gasteiger partial charge in [0.25, 0.3) is 0 Å². The summed E-state index contributed by atoms with van der Waals surface area (Å²) < 4.78 is 57.1. The monoisotopic (exact) mass is 447 g/mol. The highest BCUT2D eigenvalue weighted by atomic mass is 79.9. The fourth-order valence-electron chi connectivity index (χ4n) is 2.24. The lowest BCUT2D eigenvalue weighted by Crippen LogP contribution is -2.24. The molecule has 0 heterocycles. The number of benzene rings is 2. The van der Waals surface area contributed by atoms with Crippen LogP contribution in [0.2, 0.25) is 0 Å². The fraction of sp³-hybridized carbons (Fsp3) is 0.250. The summed E-state index contributed by atoms with van der Waals surface area (Å²) in [6.07, 6.45) is 1.04. The highest BCUT2D eigenvalue weighted by Gasteiger charge is 2.20. The molecule has 0 saturated carbocycles. The molecule has 0 unspecified atom stereocenters. The van der Waals surface area contributed by atoms with Crippen molar-refractivity contribution in [3.05, 3.63) is 52.0 Å². The molecule has 0 aliphatic rings. The number of sulfonamides is 1. The van der Waals surface area contributed by atoms with Gasteiger partial charge in [-0.3, -0.25) is 0 Å². The molecule has 0 amide bonds. The first kappa shape index (κ1) is 19.9. The second-order valence-corrected chi connectivity index (χ2v) is 10.1. The van der Waals surface area contributed by atoms with Crippen LogP contribution < -0.4 is 9.46 Å². The van der Waals surface area contributed by atoms with Gasteiger partial charge in [-0.15, -0.1) is 0 Å². The summed E-state index contributed by atoms with van der Waals surface area (Å²) in [7, 11) is -5.90. The molecule has 0 bridgehead atoms. The lowest BCUT2D eigenvalue weighted by Gasteiger charge is -2.13. The summed E-state index contributed by atoms with van der Waals surface area (Å²) in [5, 5.41) is 0. The smallest absolute Gasteiger partial charge is 0.241 e. The summed E-state index contributed by atoms with van der Waals surface area (Å²) in [6, 6.07) is 9.30. The number of aryl methyl sites for hydroxylation is 1. The van der Waals surface area contributed by atoms with E-state index in [-0.39, 0.29) is 16.3 Å². The van der Waals surface area contributed by atoms with Gasteiger partial charge in [-0.05, 0) is 42.8 Å². The van der Waals surface area contributed by atoms with Crippen molar-refractivity contribution in [2.75, 3.05) is 13.4 Å². The standard InChI is InChI=1S/C16H18BrNO5S2/c1-11-4-6-14(24(3,19)20)9-16(11)25(21,22)18-10-12-8-13(17)5-7-15(12)23-2/h4-9,18H,10H2,1-3H3. The third kappa shape index (κ3) is 4.81. The molecule has 0 atom stereocenters. The maximum Gasteiger partial charge on any atom is 0.241 e. The van der Waals surface area contributed by atoms with E-state index in [0.717, 1.165) is 10.7 Å². The van der Waals surface area contributed by atoms with Crippen LogP contribution in [0.15, 0.2) is 50.7 Å². The van der Waals surface area contributed by atoms with E-state index in [0.29, 0.717) is 16.9 Å². The molecule has 9 heteroatoms. The van der Waals surface area contributed by atoms with Crippen molar-refractivity contribution in [3.63, 3.8) is 0 Å². The van der Waals surface area contributed by atoms with Gasteiger partial charge in [0.1, 0.15) is 5.75 Å². The molecule has 0 aromatic heterocycles. The maximum absolute atomic E-state index is 12.6. The zero-order valence-electron chi connectivity index (χ0n) is 13.9. The van der Waals surface area contributed by atoms with Gasteiger partial charge in [-0.1, -0.05) is 22.0 Å². The number of hydrogen-bond acceptors (Lipinski definition) is 5. The normalized spacial score (nSPS) is 12.2. The molecule has 0 saturated heterocycles. The average Bonchev–Trinajstić information content (AvgIpc) is 2.52. The average molecular weight is 448 g/mol. The minimum Gasteiger partial charge on any atom is -0.496 e. The molecular formula is C16H18BrNO5S2. The molecule has 25 heavy (non-hydrogen) atoms. The summed E-state index contributed by atoms with van der Waals surface area (Å²) >= 11 is 3.33. The Kier molecular flexibility index (Phi) is 5.93. The molecule has 0 radical (unpaired) electrons. The fourth-order valence-corrected chi connectivity index (χ4v) is 4.64. The van der Waals surface area contributed by atoms with Crippen LogP contribution in [-0.4, -0.2) is 30.2 Å². The zero-order chi connectivity index (χ0) is 18.8. The van der Waals surface area contributed by atoms with Crippen molar-refractivity contribution in [1.29, 1.82) is 0 Å². The number of methoxy groups -OCH3 is 1. The van der Waals surface area contributed by atoms with Gasteiger partial charge in [0.05, 0.1) is 16.9 Å². The number of rotatable bonds is 6. The van der Waals surface area contributed by atoms with E-state index in [1.165, 1.54) is 25.3 Å². The van der Waals surface area contributed by atoms with Crippen molar-refractivity contribution in [3.8, 4) is 5.75 Å². The topological polar surface area (TPSA) is 89.5 Å². The van der Waals surface area contributed by atoms with Crippen molar-refractivity contribution in [2.45, 2.75) is 23.3 Å². The third-order valence-corrected chi connectivity index (χ3v) is 6.72. The van der Waals surface area contributed by atoms with Gasteiger partial charge in [0, 0.05) is 22.8 Å². The van der Waals surface area contributed by atoms with Crippen LogP contribution in [0, 0.1) is 6.92 Å². The van der Waals surface area contributed by atoms with Crippen LogP contribution in [0.4, 0.5) is 0 Å². The summed E-state index contributed by atoms with van der Waals surface area (Å²) in [4.78, 5) is -0.108. The molecular weight excluding hydrogens is 430 g/mol. The van der Waals surface area contributed by atoms with Gasteiger partial charge >= 0.3 is 0 Å². The first-order valence-electron chi connectivity index (χ1n) is 7.17. The molecule has 0 aliphatic carbocycles. The molecule has 2 aromatic rings. The van der Waals surface area contributed by atoms with Gasteiger partial charge in [0.2, 0.25) is 10.0 Å². The Morgan fingerprint density at radius 2 is 1.76 bits per heavy atom. The SMILES string of the molecule is COc1ccc(Br)cc1CNS(=O)(=O)c1cc(S(C)(=O)=O)ccc1C. The van der Waals surface area contributed by atoms with E-state index in [2.05, 4.69) is 20.7 Å². The number of nitrogens with one attached hydrogen (secondary N) is 1. The van der Waals surface area contributed by atoms with E-state index in [9.17, 15) is 16.8 Å². The van der Waals surface area contributed by atoms with Crippen LogP contribution in [0.5, 0.6) is 5.75 Å². The van der Waals surface area contributed by atoms with Crippen LogP contribution in [0.1, 0.15) is 11.1 Å². The van der Waals surface area contributed by atoms with Crippen LogP contribution >= 0.6 is 15.9 Å². The number of hydrogen-bond donors (Lipinski definition) is 1. The molecule has 1 N–H and O–H groups in total. The van der Waals surface area contributed by atoms with E-state index >= 15 is 0 Å². The Labute approximate surface area is 156 Å². The molecule has 2 aromatic carbocycles. The predicted octanol–water partition coefficient (Wildman–Crippen LogP) is 2.65. The summed E-state index contributed by atoms with van der Waals surface area (Å²) in [5.74, 6) is 0.549. The molecule has 136 valence electrons. The van der Waals surface area contributed by atoms with Crippen molar-refractivity contribution >= 4 is 35.8 Å². The molecule has 0 spiro atoms. The number of halogens is 1. The Bertz CT molecular complexity index is 1000. The molecule has 0 fully saturated rings. The van der Waals surface area contributed by atoms with E-state index in [1.54, 1.807) is 25.1 Å². The third-order valence-electron chi connectivity index (χ3n) is 3.57. The maximum atomic E-state index is 12.6. The van der Waals surface area contributed by atoms with Gasteiger partial charge in [-0.2, -0.15) is 0 Å². The van der Waals surface area contributed by atoms with Crippen LogP contribution in [0.25, 0.3) is 0 Å². The lowest BCUT2D eigenvalue weighted by atomic mass is 10.2. The first-order valence-corrected chi connectivity index (χ1v) is 11.3. The van der Waals surface area contributed by atoms with Crippen molar-refractivity contribution in [1.82, 2.24) is 4.72 Å². The van der Waals surface area contributed by atoms with Gasteiger partial charge < -0.3 is 4.74 Å². The second-order valence-electron chi connectivity index (χ2n) is 5.48. The van der Waals surface area contributed by atoms with Gasteiger partial charge in [-0.25, -0.2) is 21.6 Å². The van der Waals surface area contributed by atoms with Crippen molar-refractivity contribution in [2.24, 2.45) is 0 Å². The second kappa shape index (κ2) is 7.45. The summed E-state index contributed by atoms with van der Waals surface area (Å²) in [5.41, 5.74) is 1.11. The number of sulfone groups is 1. The largest absolute Gasteiger partial charge is 0.496 e. The Balaban J connectivity index is 2.36. The quantitative estimate of drug-likeness (QED) is 0.734. The zero-order valence-corrected chi connectivity index (χ0v) is 17.1. The summed E-state index contributed by atoms with van der Waals surface area (Å²) in [6.45, 7) is 1.62. The molecule has 0 aliphatic heterocycles. The van der Waals surface area contributed by atoms with Crippen LogP contribution in [-0.2, 0) is 26.4 Å². The van der Waals surface area contributed by atoms with E-state index in [1.807, 2.05) is 0 Å².